The molecule has 1 aliphatic heterocycles. The first-order valence-electron chi connectivity index (χ1n) is 6.25. The van der Waals surface area contributed by atoms with Crippen molar-refractivity contribution in [2.75, 3.05) is 13.5 Å². The number of rotatable bonds is 5. The monoisotopic (exact) mass is 330 g/mol. The molecule has 10 heteroatoms. The van der Waals surface area contributed by atoms with Gasteiger partial charge in [-0.05, 0) is 38.7 Å². The Labute approximate surface area is 114 Å². The highest BCUT2D eigenvalue weighted by molar-refractivity contribution is 6.81. The van der Waals surface area contributed by atoms with Crippen LogP contribution in [0.25, 0.3) is 0 Å². The standard InChI is InChI=1S/C8H23FO5Si4/c1-15-11-16(2)13-18(4,14-17(3)12-15)7-5-6-10-8-9/h15-17H,5-8H2,1-4H3. The van der Waals surface area contributed by atoms with E-state index in [0.717, 1.165) is 12.5 Å². The summed E-state index contributed by atoms with van der Waals surface area (Å²) < 4.78 is 40.3. The molecule has 2 atom stereocenters. The fourth-order valence-corrected chi connectivity index (χ4v) is 16.7. The fraction of sp³-hybridized carbons (Fsp3) is 1.00. The van der Waals surface area contributed by atoms with Crippen molar-refractivity contribution in [3.8, 4) is 0 Å². The summed E-state index contributed by atoms with van der Waals surface area (Å²) >= 11 is 0. The minimum atomic E-state index is -2.23. The molecule has 5 nitrogen and oxygen atoms in total. The number of hydrogen-bond acceptors (Lipinski definition) is 5. The first kappa shape index (κ1) is 16.7. The van der Waals surface area contributed by atoms with Crippen molar-refractivity contribution in [1.82, 2.24) is 0 Å². The molecule has 1 saturated heterocycles. The van der Waals surface area contributed by atoms with E-state index < -0.39 is 43.3 Å². The average Bonchev–Trinajstić information content (AvgIpc) is 2.21. The molecule has 1 heterocycles. The summed E-state index contributed by atoms with van der Waals surface area (Å²) in [4.78, 5) is 0. The van der Waals surface area contributed by atoms with Gasteiger partial charge in [-0.15, -0.1) is 0 Å². The zero-order chi connectivity index (χ0) is 13.6. The van der Waals surface area contributed by atoms with Crippen molar-refractivity contribution in [3.63, 3.8) is 0 Å². The third kappa shape index (κ3) is 6.16. The van der Waals surface area contributed by atoms with E-state index in [0.29, 0.717) is 6.61 Å². The van der Waals surface area contributed by atoms with E-state index in [4.69, 9.17) is 21.2 Å². The van der Waals surface area contributed by atoms with Gasteiger partial charge in [0.15, 0.2) is 6.86 Å². The van der Waals surface area contributed by atoms with E-state index in [1.54, 1.807) is 0 Å². The zero-order valence-corrected chi connectivity index (χ0v) is 15.9. The Morgan fingerprint density at radius 1 is 1.06 bits per heavy atom. The molecule has 0 saturated carbocycles. The minimum Gasteiger partial charge on any atom is -0.420 e. The third-order valence-corrected chi connectivity index (χ3v) is 16.6. The van der Waals surface area contributed by atoms with Crippen LogP contribution in [0, 0.1) is 0 Å². The van der Waals surface area contributed by atoms with Gasteiger partial charge in [0, 0.05) is 6.61 Å². The van der Waals surface area contributed by atoms with E-state index in [2.05, 4.69) is 0 Å². The van der Waals surface area contributed by atoms with E-state index in [-0.39, 0.29) is 0 Å². The predicted octanol–water partition coefficient (Wildman–Crippen LogP) is 1.02. The van der Waals surface area contributed by atoms with Gasteiger partial charge in [-0.1, -0.05) is 0 Å². The van der Waals surface area contributed by atoms with Gasteiger partial charge in [-0.2, -0.15) is 0 Å². The molecular formula is C8H23FO5Si4. The topological polar surface area (TPSA) is 46.2 Å². The average molecular weight is 331 g/mol. The van der Waals surface area contributed by atoms with Crippen LogP contribution in [-0.2, 0) is 21.2 Å². The van der Waals surface area contributed by atoms with Crippen LogP contribution in [0.3, 0.4) is 0 Å². The molecule has 0 aromatic rings. The molecule has 0 spiro atoms. The molecule has 0 aromatic carbocycles. The highest BCUT2D eigenvalue weighted by atomic mass is 28.5. The molecule has 1 aliphatic rings. The normalized spacial score (nSPS) is 38.2. The van der Waals surface area contributed by atoms with Gasteiger partial charge >= 0.3 is 8.56 Å². The Balaban J connectivity index is 2.49. The molecule has 0 bridgehead atoms. The lowest BCUT2D eigenvalue weighted by Gasteiger charge is -2.37. The van der Waals surface area contributed by atoms with Gasteiger partial charge in [0.05, 0.1) is 0 Å². The molecule has 1 fully saturated rings. The lowest BCUT2D eigenvalue weighted by atomic mass is 10.5. The molecule has 0 radical (unpaired) electrons. The molecule has 0 aromatic heterocycles. The van der Waals surface area contributed by atoms with Gasteiger partial charge in [-0.25, -0.2) is 4.39 Å². The van der Waals surface area contributed by atoms with Gasteiger partial charge in [-0.3, -0.25) is 0 Å². The van der Waals surface area contributed by atoms with Crippen LogP contribution in [-0.4, -0.2) is 49.9 Å². The Morgan fingerprint density at radius 2 is 1.61 bits per heavy atom. The van der Waals surface area contributed by atoms with E-state index in [1.165, 1.54) is 0 Å². The van der Waals surface area contributed by atoms with Gasteiger partial charge < -0.3 is 21.2 Å². The fourth-order valence-electron chi connectivity index (χ4n) is 2.03. The third-order valence-electron chi connectivity index (χ3n) is 2.59. The number of alkyl halides is 1. The van der Waals surface area contributed by atoms with Crippen LogP contribution in [0.1, 0.15) is 6.42 Å². The van der Waals surface area contributed by atoms with Crippen molar-refractivity contribution < 1.29 is 25.6 Å². The molecule has 2 unspecified atom stereocenters. The summed E-state index contributed by atoms with van der Waals surface area (Å²) in [5.41, 5.74) is 0. The Hall–Kier alpha value is 0.598. The van der Waals surface area contributed by atoms with Crippen LogP contribution in [0.4, 0.5) is 4.39 Å². The summed E-state index contributed by atoms with van der Waals surface area (Å²) in [7, 11) is -7.10. The summed E-state index contributed by atoms with van der Waals surface area (Å²) in [6.45, 7) is 7.75. The van der Waals surface area contributed by atoms with Crippen LogP contribution < -0.4 is 0 Å². The van der Waals surface area contributed by atoms with Crippen molar-refractivity contribution in [2.24, 2.45) is 0 Å². The second kappa shape index (κ2) is 8.01. The van der Waals surface area contributed by atoms with Crippen LogP contribution in [0.5, 0.6) is 0 Å². The predicted molar refractivity (Wildman–Crippen MR) is 76.3 cm³/mol. The quantitative estimate of drug-likeness (QED) is 0.556. The smallest absolute Gasteiger partial charge is 0.317 e. The van der Waals surface area contributed by atoms with Crippen LogP contribution in [0.15, 0.2) is 0 Å². The van der Waals surface area contributed by atoms with Crippen LogP contribution >= 0.6 is 0 Å². The molecule has 0 aliphatic carbocycles. The summed E-state index contributed by atoms with van der Waals surface area (Å²) in [6, 6.07) is 0.796. The first-order valence-corrected chi connectivity index (χ1v) is 15.1. The van der Waals surface area contributed by atoms with E-state index >= 15 is 0 Å². The maximum atomic E-state index is 11.8. The number of halogens is 1. The molecule has 18 heavy (non-hydrogen) atoms. The summed E-state index contributed by atoms with van der Waals surface area (Å²) in [6.07, 6.45) is 0.752. The molecule has 108 valence electrons. The second-order valence-electron chi connectivity index (χ2n) is 4.47. The highest BCUT2D eigenvalue weighted by Crippen LogP contribution is 2.21. The van der Waals surface area contributed by atoms with E-state index in [1.807, 2.05) is 26.2 Å². The number of hydrogen-bond donors (Lipinski definition) is 0. The Bertz CT molecular complexity index is 236. The SMILES string of the molecule is C[SiH]1O[SiH](C)O[Si](C)(CCCOCF)O[SiH](C)O1. The minimum absolute atomic E-state index is 0.407. The van der Waals surface area contributed by atoms with Crippen molar-refractivity contribution in [2.45, 2.75) is 38.7 Å². The maximum Gasteiger partial charge on any atom is 0.317 e. The summed E-state index contributed by atoms with van der Waals surface area (Å²) in [5, 5.41) is 0. The van der Waals surface area contributed by atoms with Crippen LogP contribution in [0.2, 0.25) is 32.2 Å². The van der Waals surface area contributed by atoms with Crippen molar-refractivity contribution in [1.29, 1.82) is 0 Å². The molecular weight excluding hydrogens is 307 g/mol. The Kier molecular flexibility index (Phi) is 7.41. The Morgan fingerprint density at radius 3 is 2.11 bits per heavy atom. The largest absolute Gasteiger partial charge is 0.420 e. The molecule has 0 N–H and O–H groups in total. The highest BCUT2D eigenvalue weighted by Gasteiger charge is 2.38. The lowest BCUT2D eigenvalue weighted by Crippen LogP contribution is -2.53. The number of ether oxygens (including phenoxy) is 1. The maximum absolute atomic E-state index is 11.8. The lowest BCUT2D eigenvalue weighted by molar-refractivity contribution is 0.0575. The van der Waals surface area contributed by atoms with Gasteiger partial charge in [0.25, 0.3) is 27.9 Å². The zero-order valence-electron chi connectivity index (χ0n) is 11.5. The molecule has 1 rings (SSSR count). The van der Waals surface area contributed by atoms with E-state index in [9.17, 15) is 4.39 Å². The summed E-state index contributed by atoms with van der Waals surface area (Å²) in [5.74, 6) is 0. The molecule has 0 amide bonds. The van der Waals surface area contributed by atoms with Gasteiger partial charge in [0.1, 0.15) is 0 Å². The first-order chi connectivity index (χ1) is 8.45. The van der Waals surface area contributed by atoms with Crippen molar-refractivity contribution in [3.05, 3.63) is 0 Å². The van der Waals surface area contributed by atoms with Crippen molar-refractivity contribution >= 4 is 36.4 Å². The second-order valence-corrected chi connectivity index (χ2v) is 14.7. The van der Waals surface area contributed by atoms with Gasteiger partial charge in [0.2, 0.25) is 0 Å².